The normalized spacial score (nSPS) is 10.9. The highest BCUT2D eigenvalue weighted by molar-refractivity contribution is 7.99. The molecule has 208 valence electrons. The highest BCUT2D eigenvalue weighted by Gasteiger charge is 2.42. The molecule has 10 nitrogen and oxygen atoms in total. The molecule has 0 atom stereocenters. The Morgan fingerprint density at radius 2 is 1.17 bits per heavy atom. The zero-order valence-electron chi connectivity index (χ0n) is 20.5. The van der Waals surface area contributed by atoms with E-state index in [9.17, 15) is 24.0 Å². The fraction of sp³-hybridized carbons (Fsp3) is 0.773. The molecule has 0 aromatic rings. The molecule has 1 N–H and O–H groups in total. The van der Waals surface area contributed by atoms with Gasteiger partial charge in [0, 0.05) is 30.2 Å². The van der Waals surface area contributed by atoms with Crippen LogP contribution in [-0.2, 0) is 38.1 Å². The lowest BCUT2D eigenvalue weighted by molar-refractivity contribution is -0.165. The molecule has 0 radical (unpaired) electrons. The van der Waals surface area contributed by atoms with Gasteiger partial charge in [-0.05, 0) is 24.3 Å². The standard InChI is InChI=1S/C22H37NO9S4/c1-29-21(28)23-8-3-13-36-12-2-4-17(24)22(14-30-18(25)5-9-33,15-31-19(26)6-10-34)16-32-20(27)7-11-35/h33-35H,2-16H2,1H3,(H,23,28). The Labute approximate surface area is 233 Å². The van der Waals surface area contributed by atoms with E-state index in [0.29, 0.717) is 18.7 Å². The maximum atomic E-state index is 13.3. The van der Waals surface area contributed by atoms with Gasteiger partial charge in [-0.1, -0.05) is 0 Å². The molecule has 0 heterocycles. The molecular formula is C22H37NO9S4. The summed E-state index contributed by atoms with van der Waals surface area (Å²) in [5, 5.41) is 2.59. The van der Waals surface area contributed by atoms with E-state index in [4.69, 9.17) is 14.2 Å². The van der Waals surface area contributed by atoms with Gasteiger partial charge in [-0.3, -0.25) is 19.2 Å². The lowest BCUT2D eigenvalue weighted by Gasteiger charge is -2.31. The Kier molecular flexibility index (Phi) is 21.0. The molecule has 0 aromatic heterocycles. The highest BCUT2D eigenvalue weighted by atomic mass is 32.2. The summed E-state index contributed by atoms with van der Waals surface area (Å²) >= 11 is 13.6. The van der Waals surface area contributed by atoms with Crippen LogP contribution in [0.5, 0.6) is 0 Å². The van der Waals surface area contributed by atoms with Gasteiger partial charge in [-0.25, -0.2) is 4.79 Å². The summed E-state index contributed by atoms with van der Waals surface area (Å²) in [5.74, 6) is 0.183. The molecular weight excluding hydrogens is 551 g/mol. The van der Waals surface area contributed by atoms with Gasteiger partial charge in [0.25, 0.3) is 0 Å². The quantitative estimate of drug-likeness (QED) is 0.0686. The molecule has 0 aliphatic heterocycles. The number of Topliss-reactive ketones (excluding diaryl/α,β-unsaturated/α-hetero) is 1. The number of esters is 3. The second-order valence-corrected chi connectivity index (χ2v) is 10.2. The van der Waals surface area contributed by atoms with Gasteiger partial charge in [0.05, 0.1) is 26.4 Å². The second kappa shape index (κ2) is 21.8. The number of ketones is 1. The number of alkyl carbamates (subject to hydrolysis) is 1. The van der Waals surface area contributed by atoms with Crippen LogP contribution < -0.4 is 5.32 Å². The number of methoxy groups -OCH3 is 1. The summed E-state index contributed by atoms with van der Waals surface area (Å²) in [7, 11) is 1.30. The van der Waals surface area contributed by atoms with Gasteiger partial charge in [-0.15, -0.1) is 0 Å². The lowest BCUT2D eigenvalue weighted by Crippen LogP contribution is -2.46. The number of rotatable bonds is 21. The molecule has 0 fully saturated rings. The SMILES string of the molecule is COC(=O)NCCCSCCCC(=O)C(COC(=O)CCS)(COC(=O)CCS)COC(=O)CCS. The van der Waals surface area contributed by atoms with Crippen LogP contribution in [-0.4, -0.2) is 92.0 Å². The molecule has 0 saturated carbocycles. The highest BCUT2D eigenvalue weighted by Crippen LogP contribution is 2.25. The van der Waals surface area contributed by atoms with E-state index in [2.05, 4.69) is 47.9 Å². The van der Waals surface area contributed by atoms with Gasteiger partial charge in [0.15, 0.2) is 0 Å². The Morgan fingerprint density at radius 1 is 0.722 bits per heavy atom. The number of amides is 1. The fourth-order valence-corrected chi connectivity index (χ4v) is 4.10. The number of carbonyl (C=O) groups is 5. The van der Waals surface area contributed by atoms with E-state index >= 15 is 0 Å². The van der Waals surface area contributed by atoms with Gasteiger partial charge in [0.1, 0.15) is 31.0 Å². The average Bonchev–Trinajstić information content (AvgIpc) is 2.85. The predicted molar refractivity (Wildman–Crippen MR) is 147 cm³/mol. The zero-order valence-corrected chi connectivity index (χ0v) is 24.0. The van der Waals surface area contributed by atoms with Crippen molar-refractivity contribution in [2.24, 2.45) is 5.41 Å². The summed E-state index contributed by atoms with van der Waals surface area (Å²) in [6.07, 6.45) is 0.972. The second-order valence-electron chi connectivity index (χ2n) is 7.59. The Hall–Kier alpha value is -1.25. The minimum atomic E-state index is -1.53. The maximum absolute atomic E-state index is 13.3. The van der Waals surface area contributed by atoms with E-state index in [0.717, 1.165) is 12.2 Å². The van der Waals surface area contributed by atoms with Crippen molar-refractivity contribution < 1.29 is 42.9 Å². The van der Waals surface area contributed by atoms with Crippen LogP contribution in [0.3, 0.4) is 0 Å². The van der Waals surface area contributed by atoms with E-state index in [1.54, 1.807) is 11.8 Å². The van der Waals surface area contributed by atoms with Gasteiger partial charge < -0.3 is 24.3 Å². The van der Waals surface area contributed by atoms with E-state index in [1.807, 2.05) is 0 Å². The smallest absolute Gasteiger partial charge is 0.406 e. The van der Waals surface area contributed by atoms with Gasteiger partial charge in [0.2, 0.25) is 0 Å². The largest absolute Gasteiger partial charge is 0.464 e. The number of hydrogen-bond donors (Lipinski definition) is 4. The van der Waals surface area contributed by atoms with E-state index in [-0.39, 0.29) is 48.7 Å². The van der Waals surface area contributed by atoms with Crippen molar-refractivity contribution in [1.29, 1.82) is 0 Å². The van der Waals surface area contributed by atoms with E-state index < -0.39 is 49.2 Å². The summed E-state index contributed by atoms with van der Waals surface area (Å²) in [4.78, 5) is 60.3. The number of carbonyl (C=O) groups excluding carboxylic acids is 5. The van der Waals surface area contributed by atoms with Crippen LogP contribution in [0, 0.1) is 5.41 Å². The van der Waals surface area contributed by atoms with Crippen LogP contribution in [0.1, 0.15) is 38.5 Å². The molecule has 0 spiro atoms. The summed E-state index contributed by atoms with van der Waals surface area (Å²) in [6, 6.07) is 0. The van der Waals surface area contributed by atoms with Crippen LogP contribution in [0.25, 0.3) is 0 Å². The molecule has 1 amide bonds. The molecule has 36 heavy (non-hydrogen) atoms. The molecule has 0 bridgehead atoms. The first-order chi connectivity index (χ1) is 17.2. The first kappa shape index (κ1) is 34.8. The number of thiol groups is 3. The lowest BCUT2D eigenvalue weighted by atomic mass is 9.83. The Morgan fingerprint density at radius 3 is 1.58 bits per heavy atom. The van der Waals surface area contributed by atoms with Crippen molar-refractivity contribution in [3.8, 4) is 0 Å². The Balaban J connectivity index is 5.18. The van der Waals surface area contributed by atoms with Crippen LogP contribution in [0.4, 0.5) is 4.79 Å². The topological polar surface area (TPSA) is 134 Å². The Bertz CT molecular complexity index is 639. The van der Waals surface area contributed by atoms with Crippen molar-refractivity contribution in [2.45, 2.75) is 38.5 Å². The van der Waals surface area contributed by atoms with Crippen molar-refractivity contribution >= 4 is 79.4 Å². The predicted octanol–water partition coefficient (Wildman–Crippen LogP) is 2.39. The number of hydrogen-bond acceptors (Lipinski definition) is 13. The van der Waals surface area contributed by atoms with Gasteiger partial charge in [-0.2, -0.15) is 49.6 Å². The van der Waals surface area contributed by atoms with E-state index in [1.165, 1.54) is 7.11 Å². The third kappa shape index (κ3) is 16.5. The molecule has 0 aliphatic carbocycles. The van der Waals surface area contributed by atoms with Gasteiger partial charge >= 0.3 is 24.0 Å². The third-order valence-corrected chi connectivity index (χ3v) is 6.51. The minimum Gasteiger partial charge on any atom is -0.464 e. The first-order valence-electron chi connectivity index (χ1n) is 11.5. The molecule has 14 heteroatoms. The summed E-state index contributed by atoms with van der Waals surface area (Å²) < 4.78 is 20.3. The molecule has 0 aliphatic rings. The zero-order chi connectivity index (χ0) is 27.2. The minimum absolute atomic E-state index is 0.0355. The van der Waals surface area contributed by atoms with Crippen LogP contribution in [0.2, 0.25) is 0 Å². The number of ether oxygens (including phenoxy) is 4. The van der Waals surface area contributed by atoms with Crippen molar-refractivity contribution in [2.75, 3.05) is 62.2 Å². The average molecular weight is 588 g/mol. The summed E-state index contributed by atoms with van der Waals surface area (Å²) in [6.45, 7) is -0.706. The molecule has 0 rings (SSSR count). The third-order valence-electron chi connectivity index (χ3n) is 4.68. The maximum Gasteiger partial charge on any atom is 0.406 e. The first-order valence-corrected chi connectivity index (χ1v) is 14.5. The van der Waals surface area contributed by atoms with Crippen LogP contribution >= 0.6 is 49.6 Å². The fourth-order valence-electron chi connectivity index (χ4n) is 2.65. The monoisotopic (exact) mass is 587 g/mol. The molecule has 0 unspecified atom stereocenters. The number of thioether (sulfide) groups is 1. The van der Waals surface area contributed by atoms with Crippen LogP contribution in [0.15, 0.2) is 0 Å². The number of nitrogens with one attached hydrogen (secondary N) is 1. The molecule has 0 saturated heterocycles. The summed E-state index contributed by atoms with van der Waals surface area (Å²) in [5.41, 5.74) is -1.53. The molecule has 0 aromatic carbocycles. The van der Waals surface area contributed by atoms with Crippen molar-refractivity contribution in [3.05, 3.63) is 0 Å². The van der Waals surface area contributed by atoms with Crippen molar-refractivity contribution in [1.82, 2.24) is 5.32 Å². The van der Waals surface area contributed by atoms with Crippen molar-refractivity contribution in [3.63, 3.8) is 0 Å².